The summed E-state index contributed by atoms with van der Waals surface area (Å²) in [5, 5.41) is 3.45. The van der Waals surface area contributed by atoms with Gasteiger partial charge in [0, 0.05) is 16.6 Å². The van der Waals surface area contributed by atoms with Crippen LogP contribution in [0.1, 0.15) is 38.9 Å². The Bertz CT molecular complexity index is 1090. The summed E-state index contributed by atoms with van der Waals surface area (Å²) in [5.74, 6) is -1.20. The molecule has 3 aromatic rings. The molecule has 0 radical (unpaired) electrons. The lowest BCUT2D eigenvalue weighted by molar-refractivity contribution is -0.119. The molecule has 0 unspecified atom stereocenters. The fourth-order valence-corrected chi connectivity index (χ4v) is 2.82. The van der Waals surface area contributed by atoms with Crippen LogP contribution in [0.2, 0.25) is 0 Å². The molecule has 0 aliphatic rings. The minimum Gasteiger partial charge on any atom is -0.452 e. The second-order valence-electron chi connectivity index (χ2n) is 6.58. The Balaban J connectivity index is 1.67. The van der Waals surface area contributed by atoms with E-state index in [4.69, 9.17) is 4.74 Å². The first-order valence-electron chi connectivity index (χ1n) is 8.79. The Labute approximate surface area is 162 Å². The van der Waals surface area contributed by atoms with Crippen molar-refractivity contribution in [1.29, 1.82) is 0 Å². The van der Waals surface area contributed by atoms with Crippen LogP contribution in [0.25, 0.3) is 10.9 Å². The van der Waals surface area contributed by atoms with Gasteiger partial charge in [-0.1, -0.05) is 23.8 Å². The van der Waals surface area contributed by atoms with Gasteiger partial charge in [0.2, 0.25) is 0 Å². The van der Waals surface area contributed by atoms with Crippen LogP contribution in [0.5, 0.6) is 0 Å². The number of aryl methyl sites for hydroxylation is 2. The number of ether oxygens (including phenoxy) is 1. The molecule has 0 bridgehead atoms. The number of pyridine rings is 1. The van der Waals surface area contributed by atoms with Crippen molar-refractivity contribution in [1.82, 2.24) is 4.98 Å². The van der Waals surface area contributed by atoms with Gasteiger partial charge in [0.05, 0.1) is 16.8 Å². The van der Waals surface area contributed by atoms with E-state index in [1.165, 1.54) is 6.92 Å². The molecule has 1 amide bonds. The number of hydrogen-bond donors (Lipinski definition) is 1. The molecule has 0 spiro atoms. The highest BCUT2D eigenvalue weighted by Crippen LogP contribution is 2.19. The average Bonchev–Trinajstić information content (AvgIpc) is 2.66. The van der Waals surface area contributed by atoms with Crippen molar-refractivity contribution in [3.63, 3.8) is 0 Å². The first-order chi connectivity index (χ1) is 13.3. The summed E-state index contributed by atoms with van der Waals surface area (Å²) in [6.07, 6.45) is 0. The Hall–Kier alpha value is -3.54. The second-order valence-corrected chi connectivity index (χ2v) is 6.58. The lowest BCUT2D eigenvalue weighted by Crippen LogP contribution is -2.21. The number of nitrogens with zero attached hydrogens (tertiary/aromatic N) is 1. The Morgan fingerprint density at radius 3 is 2.57 bits per heavy atom. The fourth-order valence-electron chi connectivity index (χ4n) is 2.82. The highest BCUT2D eigenvalue weighted by atomic mass is 16.5. The number of rotatable bonds is 5. The number of amides is 1. The third-order valence-electron chi connectivity index (χ3n) is 4.27. The van der Waals surface area contributed by atoms with E-state index < -0.39 is 18.5 Å². The molecule has 2 aromatic carbocycles. The Kier molecular flexibility index (Phi) is 5.49. The van der Waals surface area contributed by atoms with Crippen LogP contribution >= 0.6 is 0 Å². The average molecular weight is 376 g/mol. The standard InChI is InChI=1S/C22H20N2O4/c1-13-7-8-20-17(9-13)11-19(14(2)23-20)22(27)28-12-21(26)24-18-6-4-5-16(10-18)15(3)25/h4-11H,12H2,1-3H3,(H,24,26). The van der Waals surface area contributed by atoms with E-state index in [2.05, 4.69) is 10.3 Å². The molecule has 1 heterocycles. The van der Waals surface area contributed by atoms with Gasteiger partial charge in [0.25, 0.3) is 5.91 Å². The predicted molar refractivity (Wildman–Crippen MR) is 107 cm³/mol. The van der Waals surface area contributed by atoms with E-state index in [1.807, 2.05) is 25.1 Å². The lowest BCUT2D eigenvalue weighted by Gasteiger charge is -2.09. The van der Waals surface area contributed by atoms with Crippen molar-refractivity contribution >= 4 is 34.3 Å². The molecule has 6 nitrogen and oxygen atoms in total. The van der Waals surface area contributed by atoms with Gasteiger partial charge in [0.15, 0.2) is 12.4 Å². The number of carbonyl (C=O) groups excluding carboxylic acids is 3. The highest BCUT2D eigenvalue weighted by Gasteiger charge is 2.15. The largest absolute Gasteiger partial charge is 0.452 e. The molecule has 6 heteroatoms. The zero-order valence-electron chi connectivity index (χ0n) is 15.9. The molecule has 0 atom stereocenters. The topological polar surface area (TPSA) is 85.4 Å². The van der Waals surface area contributed by atoms with Gasteiger partial charge in [-0.25, -0.2) is 4.79 Å². The third kappa shape index (κ3) is 4.40. The van der Waals surface area contributed by atoms with Crippen molar-refractivity contribution in [3.05, 3.63) is 70.9 Å². The van der Waals surface area contributed by atoms with Crippen molar-refractivity contribution in [3.8, 4) is 0 Å². The number of carbonyl (C=O) groups is 3. The summed E-state index contributed by atoms with van der Waals surface area (Å²) in [4.78, 5) is 40.3. The SMILES string of the molecule is CC(=O)c1cccc(NC(=O)COC(=O)c2cc3cc(C)ccc3nc2C)c1. The van der Waals surface area contributed by atoms with E-state index in [9.17, 15) is 14.4 Å². The van der Waals surface area contributed by atoms with Gasteiger partial charge in [-0.05, 0) is 51.1 Å². The Morgan fingerprint density at radius 1 is 1.04 bits per heavy atom. The van der Waals surface area contributed by atoms with Gasteiger partial charge in [-0.3, -0.25) is 14.6 Å². The molecule has 0 saturated heterocycles. The van der Waals surface area contributed by atoms with Crippen LogP contribution in [-0.4, -0.2) is 29.3 Å². The lowest BCUT2D eigenvalue weighted by atomic mass is 10.1. The van der Waals surface area contributed by atoms with Gasteiger partial charge in [0.1, 0.15) is 0 Å². The smallest absolute Gasteiger partial charge is 0.340 e. The number of aromatic nitrogens is 1. The molecule has 1 aromatic heterocycles. The molecular formula is C22H20N2O4. The van der Waals surface area contributed by atoms with Crippen molar-refractivity contribution < 1.29 is 19.1 Å². The minimum atomic E-state index is -0.610. The minimum absolute atomic E-state index is 0.1000. The maximum atomic E-state index is 12.4. The van der Waals surface area contributed by atoms with Crippen LogP contribution in [0.4, 0.5) is 5.69 Å². The second kappa shape index (κ2) is 8.00. The first kappa shape index (κ1) is 19.2. The normalized spacial score (nSPS) is 10.5. The molecule has 0 aliphatic heterocycles. The maximum Gasteiger partial charge on any atom is 0.340 e. The molecular weight excluding hydrogens is 356 g/mol. The van der Waals surface area contributed by atoms with Gasteiger partial charge < -0.3 is 10.1 Å². The van der Waals surface area contributed by atoms with E-state index in [1.54, 1.807) is 37.3 Å². The summed E-state index contributed by atoms with van der Waals surface area (Å²) in [6, 6.07) is 14.1. The van der Waals surface area contributed by atoms with Crippen molar-refractivity contribution in [2.75, 3.05) is 11.9 Å². The summed E-state index contributed by atoms with van der Waals surface area (Å²) in [7, 11) is 0. The quantitative estimate of drug-likeness (QED) is 0.540. The van der Waals surface area contributed by atoms with Gasteiger partial charge in [-0.15, -0.1) is 0 Å². The number of ketones is 1. The van der Waals surface area contributed by atoms with E-state index >= 15 is 0 Å². The van der Waals surface area contributed by atoms with E-state index in [0.29, 0.717) is 22.5 Å². The van der Waals surface area contributed by atoms with Crippen molar-refractivity contribution in [2.45, 2.75) is 20.8 Å². The molecule has 1 N–H and O–H groups in total. The number of nitrogens with one attached hydrogen (secondary N) is 1. The number of hydrogen-bond acceptors (Lipinski definition) is 5. The zero-order valence-corrected chi connectivity index (χ0v) is 15.9. The fraction of sp³-hybridized carbons (Fsp3) is 0.182. The zero-order chi connectivity index (χ0) is 20.3. The van der Waals surface area contributed by atoms with E-state index in [0.717, 1.165) is 16.5 Å². The molecule has 28 heavy (non-hydrogen) atoms. The van der Waals surface area contributed by atoms with E-state index in [-0.39, 0.29) is 5.78 Å². The number of anilines is 1. The first-order valence-corrected chi connectivity index (χ1v) is 8.79. The number of esters is 1. The maximum absolute atomic E-state index is 12.4. The predicted octanol–water partition coefficient (Wildman–Crippen LogP) is 3.85. The molecule has 0 saturated carbocycles. The highest BCUT2D eigenvalue weighted by molar-refractivity contribution is 5.99. The van der Waals surface area contributed by atoms with Crippen LogP contribution in [-0.2, 0) is 9.53 Å². The summed E-state index contributed by atoms with van der Waals surface area (Å²) in [6.45, 7) is 4.70. The number of benzene rings is 2. The Morgan fingerprint density at radius 2 is 1.82 bits per heavy atom. The van der Waals surface area contributed by atoms with Crippen LogP contribution < -0.4 is 5.32 Å². The van der Waals surface area contributed by atoms with Crippen molar-refractivity contribution in [2.24, 2.45) is 0 Å². The van der Waals surface area contributed by atoms with Gasteiger partial charge >= 0.3 is 5.97 Å². The summed E-state index contributed by atoms with van der Waals surface area (Å²) in [5.41, 5.74) is 3.67. The van der Waals surface area contributed by atoms with Crippen LogP contribution in [0, 0.1) is 13.8 Å². The number of fused-ring (bicyclic) bond motifs is 1. The molecule has 142 valence electrons. The summed E-state index contributed by atoms with van der Waals surface area (Å²) < 4.78 is 5.14. The summed E-state index contributed by atoms with van der Waals surface area (Å²) >= 11 is 0. The molecule has 0 fully saturated rings. The van der Waals surface area contributed by atoms with Crippen LogP contribution in [0.3, 0.4) is 0 Å². The third-order valence-corrected chi connectivity index (χ3v) is 4.27. The molecule has 3 rings (SSSR count). The van der Waals surface area contributed by atoms with Crippen LogP contribution in [0.15, 0.2) is 48.5 Å². The van der Waals surface area contributed by atoms with Gasteiger partial charge in [-0.2, -0.15) is 0 Å². The molecule has 0 aliphatic carbocycles. The monoisotopic (exact) mass is 376 g/mol. The number of Topliss-reactive ketones (excluding diaryl/α,β-unsaturated/α-hetero) is 1.